The van der Waals surface area contributed by atoms with Gasteiger partial charge in [0.2, 0.25) is 0 Å². The van der Waals surface area contributed by atoms with Crippen LogP contribution in [0.2, 0.25) is 0 Å². The molecule has 0 radical (unpaired) electrons. The lowest BCUT2D eigenvalue weighted by Crippen LogP contribution is -2.24. The minimum Gasteiger partial charge on any atom is -0.506 e. The fourth-order valence-corrected chi connectivity index (χ4v) is 2.64. The summed E-state index contributed by atoms with van der Waals surface area (Å²) in [6, 6.07) is 5.48. The van der Waals surface area contributed by atoms with Crippen molar-refractivity contribution in [1.29, 1.82) is 0 Å². The second kappa shape index (κ2) is 7.84. The Hall–Kier alpha value is -2.02. The molecule has 22 heavy (non-hydrogen) atoms. The van der Waals surface area contributed by atoms with Crippen LogP contribution in [0, 0.1) is 6.92 Å². The Balaban J connectivity index is 2.16. The second-order valence-corrected chi connectivity index (χ2v) is 6.12. The molecule has 118 valence electrons. The number of aromatic hydroxyl groups is 1. The van der Waals surface area contributed by atoms with E-state index in [-0.39, 0.29) is 5.75 Å². The quantitative estimate of drug-likeness (QED) is 0.757. The molecule has 0 bridgehead atoms. The molecule has 6 nitrogen and oxygen atoms in total. The van der Waals surface area contributed by atoms with E-state index in [1.165, 1.54) is 11.3 Å². The van der Waals surface area contributed by atoms with Crippen molar-refractivity contribution in [3.63, 3.8) is 0 Å². The highest BCUT2D eigenvalue weighted by Gasteiger charge is 2.08. The molecule has 0 fully saturated rings. The first-order valence-electron chi connectivity index (χ1n) is 7.43. The topological polar surface area (TPSA) is 74.0 Å². The van der Waals surface area contributed by atoms with E-state index in [0.29, 0.717) is 10.8 Å². The summed E-state index contributed by atoms with van der Waals surface area (Å²) in [5, 5.41) is 27.3. The highest BCUT2D eigenvalue weighted by atomic mass is 32.1. The zero-order chi connectivity index (χ0) is 15.9. The van der Waals surface area contributed by atoms with Gasteiger partial charge in [-0.25, -0.2) is 0 Å². The van der Waals surface area contributed by atoms with Crippen LogP contribution in [-0.4, -0.2) is 28.4 Å². The van der Waals surface area contributed by atoms with Crippen molar-refractivity contribution in [2.75, 3.05) is 18.0 Å². The minimum absolute atomic E-state index is 0.125. The molecule has 1 heterocycles. The molecule has 0 amide bonds. The van der Waals surface area contributed by atoms with Gasteiger partial charge in [-0.1, -0.05) is 25.2 Å². The molecule has 7 heteroatoms. The number of benzene rings is 1. The summed E-state index contributed by atoms with van der Waals surface area (Å²) in [5.74, 6) is 0.125. The number of hydrogen-bond acceptors (Lipinski definition) is 7. The zero-order valence-corrected chi connectivity index (χ0v) is 14.0. The molecule has 2 aromatic rings. The van der Waals surface area contributed by atoms with Crippen LogP contribution < -0.4 is 4.90 Å². The van der Waals surface area contributed by atoms with Gasteiger partial charge in [-0.15, -0.1) is 20.4 Å². The molecule has 0 aliphatic carbocycles. The lowest BCUT2D eigenvalue weighted by molar-refractivity contribution is 0.476. The van der Waals surface area contributed by atoms with E-state index in [1.807, 2.05) is 13.0 Å². The van der Waals surface area contributed by atoms with Crippen molar-refractivity contribution in [2.45, 2.75) is 33.6 Å². The summed E-state index contributed by atoms with van der Waals surface area (Å²) in [4.78, 5) is 2.26. The molecule has 0 atom stereocenters. The molecule has 0 aliphatic rings. The number of phenolic OH excluding ortho intramolecular Hbond substituents is 1. The van der Waals surface area contributed by atoms with E-state index < -0.39 is 0 Å². The first-order chi connectivity index (χ1) is 10.6. The van der Waals surface area contributed by atoms with Crippen molar-refractivity contribution in [1.82, 2.24) is 10.2 Å². The van der Waals surface area contributed by atoms with Gasteiger partial charge in [0.25, 0.3) is 5.13 Å². The van der Waals surface area contributed by atoms with Gasteiger partial charge in [-0.05, 0) is 31.9 Å². The standard InChI is InChI=1S/C15H21N5OS/c1-4-8-20(9-5-2)12-6-7-13(14(21)10-12)17-19-15-18-16-11(3)22-15/h6-7,10,21H,4-5,8-9H2,1-3H3. The number of nitrogens with zero attached hydrogens (tertiary/aromatic N) is 5. The predicted octanol–water partition coefficient (Wildman–Crippen LogP) is 4.59. The molecule has 1 N–H and O–H groups in total. The maximum atomic E-state index is 10.1. The van der Waals surface area contributed by atoms with Gasteiger partial charge in [0.15, 0.2) is 0 Å². The van der Waals surface area contributed by atoms with Gasteiger partial charge in [0.05, 0.1) is 0 Å². The van der Waals surface area contributed by atoms with Crippen molar-refractivity contribution in [3.05, 3.63) is 23.2 Å². The summed E-state index contributed by atoms with van der Waals surface area (Å²) in [6.07, 6.45) is 2.14. The van der Waals surface area contributed by atoms with E-state index in [9.17, 15) is 5.11 Å². The number of rotatable bonds is 7. The van der Waals surface area contributed by atoms with E-state index in [1.54, 1.807) is 12.1 Å². The number of azo groups is 1. The van der Waals surface area contributed by atoms with Crippen molar-refractivity contribution in [3.8, 4) is 5.75 Å². The highest BCUT2D eigenvalue weighted by Crippen LogP contribution is 2.32. The van der Waals surface area contributed by atoms with Gasteiger partial charge in [0.1, 0.15) is 16.4 Å². The third-order valence-electron chi connectivity index (χ3n) is 3.07. The first-order valence-corrected chi connectivity index (χ1v) is 8.25. The normalized spacial score (nSPS) is 11.2. The van der Waals surface area contributed by atoms with Crippen molar-refractivity contribution < 1.29 is 5.11 Å². The minimum atomic E-state index is 0.125. The molecule has 2 rings (SSSR count). The Morgan fingerprint density at radius 2 is 1.86 bits per heavy atom. The third kappa shape index (κ3) is 4.24. The van der Waals surface area contributed by atoms with Gasteiger partial charge >= 0.3 is 0 Å². The number of aryl methyl sites for hydroxylation is 1. The van der Waals surface area contributed by atoms with Gasteiger partial charge in [0, 0.05) is 24.8 Å². The largest absolute Gasteiger partial charge is 0.506 e. The van der Waals surface area contributed by atoms with Crippen molar-refractivity contribution >= 4 is 27.8 Å². The van der Waals surface area contributed by atoms with Gasteiger partial charge < -0.3 is 10.0 Å². The third-order valence-corrected chi connectivity index (χ3v) is 3.79. The Kier molecular flexibility index (Phi) is 5.83. The molecule has 0 unspecified atom stereocenters. The molecule has 1 aromatic carbocycles. The van der Waals surface area contributed by atoms with Crippen LogP contribution in [0.15, 0.2) is 28.4 Å². The smallest absolute Gasteiger partial charge is 0.251 e. The zero-order valence-electron chi connectivity index (χ0n) is 13.2. The summed E-state index contributed by atoms with van der Waals surface area (Å²) in [7, 11) is 0. The maximum absolute atomic E-state index is 10.1. The summed E-state index contributed by atoms with van der Waals surface area (Å²) < 4.78 is 0. The molecular formula is C15H21N5OS. The monoisotopic (exact) mass is 319 g/mol. The second-order valence-electron chi connectivity index (χ2n) is 4.96. The SMILES string of the molecule is CCCN(CCC)c1ccc(N=Nc2nnc(C)s2)c(O)c1. The molecule has 0 spiro atoms. The first kappa shape index (κ1) is 16.4. The van der Waals surface area contributed by atoms with Crippen LogP contribution in [0.5, 0.6) is 5.75 Å². The Labute approximate surface area is 134 Å². The average molecular weight is 319 g/mol. The number of phenols is 1. The van der Waals surface area contributed by atoms with Crippen LogP contribution in [0.25, 0.3) is 0 Å². The fraction of sp³-hybridized carbons (Fsp3) is 0.467. The van der Waals surface area contributed by atoms with Gasteiger partial charge in [-0.2, -0.15) is 0 Å². The molecular weight excluding hydrogens is 298 g/mol. The van der Waals surface area contributed by atoms with Crippen LogP contribution in [0.1, 0.15) is 31.7 Å². The van der Waals surface area contributed by atoms with Crippen LogP contribution in [-0.2, 0) is 0 Å². The molecule has 0 saturated heterocycles. The lowest BCUT2D eigenvalue weighted by Gasteiger charge is -2.24. The van der Waals surface area contributed by atoms with Crippen LogP contribution in [0.3, 0.4) is 0 Å². The van der Waals surface area contributed by atoms with E-state index in [0.717, 1.165) is 36.6 Å². The predicted molar refractivity (Wildman–Crippen MR) is 89.7 cm³/mol. The van der Waals surface area contributed by atoms with E-state index in [4.69, 9.17) is 0 Å². The van der Waals surface area contributed by atoms with Crippen LogP contribution >= 0.6 is 11.3 Å². The van der Waals surface area contributed by atoms with E-state index in [2.05, 4.69) is 39.2 Å². The maximum Gasteiger partial charge on any atom is 0.251 e. The molecule has 0 aliphatic heterocycles. The summed E-state index contributed by atoms with van der Waals surface area (Å²) in [6.45, 7) is 8.10. The molecule has 0 saturated carbocycles. The fourth-order valence-electron chi connectivity index (χ4n) is 2.13. The van der Waals surface area contributed by atoms with E-state index >= 15 is 0 Å². The van der Waals surface area contributed by atoms with Crippen LogP contribution in [0.4, 0.5) is 16.5 Å². The summed E-state index contributed by atoms with van der Waals surface area (Å²) in [5.41, 5.74) is 1.44. The van der Waals surface area contributed by atoms with Gasteiger partial charge in [-0.3, -0.25) is 0 Å². The average Bonchev–Trinajstić information content (AvgIpc) is 2.91. The highest BCUT2D eigenvalue weighted by molar-refractivity contribution is 7.14. The summed E-state index contributed by atoms with van der Waals surface area (Å²) >= 11 is 1.36. The lowest BCUT2D eigenvalue weighted by atomic mass is 10.2. The molecule has 1 aromatic heterocycles. The Morgan fingerprint density at radius 3 is 2.41 bits per heavy atom. The Bertz CT molecular complexity index is 635. The number of aromatic nitrogens is 2. The Morgan fingerprint density at radius 1 is 1.14 bits per heavy atom. The van der Waals surface area contributed by atoms with Crippen molar-refractivity contribution in [2.24, 2.45) is 10.2 Å². The number of hydrogen-bond donors (Lipinski definition) is 1. The number of anilines is 1.